The fraction of sp³-hybridized carbons (Fsp3) is 0.167. The third-order valence-electron chi connectivity index (χ3n) is 3.95. The van der Waals surface area contributed by atoms with Crippen molar-refractivity contribution < 1.29 is 17.6 Å². The van der Waals surface area contributed by atoms with Crippen molar-refractivity contribution in [3.05, 3.63) is 65.9 Å². The number of imidazole rings is 1. The summed E-state index contributed by atoms with van der Waals surface area (Å²) in [4.78, 5) is 20.4. The minimum atomic E-state index is -4.07. The number of pyridine rings is 1. The van der Waals surface area contributed by atoms with Gasteiger partial charge in [-0.3, -0.25) is 4.79 Å². The predicted molar refractivity (Wildman–Crippen MR) is 96.9 cm³/mol. The molecule has 0 aliphatic rings. The smallest absolute Gasteiger partial charge is 0.285 e. The minimum absolute atomic E-state index is 0.0294. The molecule has 7 nitrogen and oxygen atoms in total. The first-order valence-corrected chi connectivity index (χ1v) is 9.61. The lowest BCUT2D eigenvalue weighted by Crippen LogP contribution is -2.31. The first-order chi connectivity index (χ1) is 12.8. The number of rotatable bonds is 5. The first kappa shape index (κ1) is 18.7. The third-order valence-corrected chi connectivity index (χ3v) is 5.38. The number of hydrogen-bond acceptors (Lipinski definition) is 5. The van der Waals surface area contributed by atoms with Crippen LogP contribution in [0, 0.1) is 5.82 Å². The second kappa shape index (κ2) is 7.28. The van der Waals surface area contributed by atoms with Crippen molar-refractivity contribution in [1.82, 2.24) is 19.3 Å². The number of amides is 1. The zero-order valence-corrected chi connectivity index (χ0v) is 15.5. The molecular formula is C18H17FN4O3S. The van der Waals surface area contributed by atoms with Crippen LogP contribution in [0.5, 0.6) is 0 Å². The van der Waals surface area contributed by atoms with Gasteiger partial charge in [0.25, 0.3) is 15.9 Å². The number of aromatic nitrogens is 3. The molecule has 1 aromatic carbocycles. The van der Waals surface area contributed by atoms with E-state index in [-0.39, 0.29) is 22.1 Å². The molecule has 1 amide bonds. The number of halogens is 1. The molecule has 0 fully saturated rings. The lowest BCUT2D eigenvalue weighted by atomic mass is 10.2. The summed E-state index contributed by atoms with van der Waals surface area (Å²) in [5.74, 6) is -1.38. The van der Waals surface area contributed by atoms with Gasteiger partial charge in [-0.2, -0.15) is 0 Å². The number of aryl methyl sites for hydroxylation is 2. The quantitative estimate of drug-likeness (QED) is 0.724. The minimum Gasteiger partial charge on any atom is -0.332 e. The van der Waals surface area contributed by atoms with Crippen LogP contribution in [-0.2, 0) is 23.5 Å². The summed E-state index contributed by atoms with van der Waals surface area (Å²) >= 11 is 0. The fourth-order valence-electron chi connectivity index (χ4n) is 2.63. The predicted octanol–water partition coefficient (Wildman–Crippen LogP) is 2.30. The summed E-state index contributed by atoms with van der Waals surface area (Å²) in [6, 6.07) is 9.09. The zero-order chi connectivity index (χ0) is 19.6. The lowest BCUT2D eigenvalue weighted by molar-refractivity contribution is 0.0977. The van der Waals surface area contributed by atoms with Crippen molar-refractivity contribution >= 4 is 15.9 Å². The van der Waals surface area contributed by atoms with E-state index in [9.17, 15) is 17.6 Å². The molecule has 9 heteroatoms. The Morgan fingerprint density at radius 2 is 1.96 bits per heavy atom. The number of nitrogens with zero attached hydrogens (tertiary/aromatic N) is 3. The molecular weight excluding hydrogens is 371 g/mol. The van der Waals surface area contributed by atoms with Crippen molar-refractivity contribution in [1.29, 1.82) is 0 Å². The van der Waals surface area contributed by atoms with Crippen LogP contribution >= 0.6 is 0 Å². The largest absolute Gasteiger partial charge is 0.332 e. The van der Waals surface area contributed by atoms with Gasteiger partial charge < -0.3 is 4.57 Å². The van der Waals surface area contributed by atoms with Crippen molar-refractivity contribution in [2.75, 3.05) is 0 Å². The maximum Gasteiger partial charge on any atom is 0.285 e. The van der Waals surface area contributed by atoms with E-state index < -0.39 is 21.7 Å². The summed E-state index contributed by atoms with van der Waals surface area (Å²) in [7, 11) is -2.50. The second-order valence-electron chi connectivity index (χ2n) is 5.79. The molecule has 0 bridgehead atoms. The van der Waals surface area contributed by atoms with Gasteiger partial charge in [0.2, 0.25) is 0 Å². The van der Waals surface area contributed by atoms with Gasteiger partial charge in [0.1, 0.15) is 11.4 Å². The summed E-state index contributed by atoms with van der Waals surface area (Å²) in [5.41, 5.74) is 0.406. The van der Waals surface area contributed by atoms with Crippen LogP contribution in [-0.4, -0.2) is 28.9 Å². The molecule has 3 rings (SSSR count). The van der Waals surface area contributed by atoms with Crippen molar-refractivity contribution in [3.8, 4) is 11.5 Å². The highest BCUT2D eigenvalue weighted by molar-refractivity contribution is 7.90. The van der Waals surface area contributed by atoms with Crippen molar-refractivity contribution in [3.63, 3.8) is 0 Å². The van der Waals surface area contributed by atoms with E-state index in [0.29, 0.717) is 12.0 Å². The number of nitrogens with one attached hydrogen (secondary N) is 1. The van der Waals surface area contributed by atoms with Crippen LogP contribution in [0.4, 0.5) is 4.39 Å². The van der Waals surface area contributed by atoms with Gasteiger partial charge in [0.05, 0.1) is 4.90 Å². The van der Waals surface area contributed by atoms with Crippen LogP contribution in [0.2, 0.25) is 0 Å². The number of carbonyl (C=O) groups is 1. The van der Waals surface area contributed by atoms with Crippen LogP contribution < -0.4 is 4.72 Å². The van der Waals surface area contributed by atoms with Crippen LogP contribution in [0.15, 0.2) is 53.7 Å². The highest BCUT2D eigenvalue weighted by Crippen LogP contribution is 2.20. The molecule has 27 heavy (non-hydrogen) atoms. The lowest BCUT2D eigenvalue weighted by Gasteiger charge is -2.09. The third kappa shape index (κ3) is 3.72. The maximum atomic E-state index is 13.9. The van der Waals surface area contributed by atoms with Gasteiger partial charge in [-0.05, 0) is 30.2 Å². The molecule has 0 unspecified atom stereocenters. The summed E-state index contributed by atoms with van der Waals surface area (Å²) in [6.07, 6.45) is 3.22. The topological polar surface area (TPSA) is 94.0 Å². The molecule has 140 valence electrons. The van der Waals surface area contributed by atoms with E-state index in [4.69, 9.17) is 0 Å². The van der Waals surface area contributed by atoms with Crippen LogP contribution in [0.3, 0.4) is 0 Å². The van der Waals surface area contributed by atoms with Gasteiger partial charge in [-0.1, -0.05) is 25.1 Å². The number of carbonyl (C=O) groups excluding carboxylic acids is 1. The molecule has 0 spiro atoms. The van der Waals surface area contributed by atoms with Gasteiger partial charge in [0.15, 0.2) is 11.6 Å². The Balaban J connectivity index is 1.91. The Labute approximate surface area is 156 Å². The number of sulfonamides is 1. The van der Waals surface area contributed by atoms with Crippen molar-refractivity contribution in [2.24, 2.45) is 7.05 Å². The molecule has 0 aliphatic heterocycles. The van der Waals surface area contributed by atoms with Crippen LogP contribution in [0.25, 0.3) is 11.5 Å². The first-order valence-electron chi connectivity index (χ1n) is 8.12. The number of benzene rings is 1. The molecule has 0 atom stereocenters. The van der Waals surface area contributed by atoms with Crippen molar-refractivity contribution in [2.45, 2.75) is 18.2 Å². The van der Waals surface area contributed by atoms with Gasteiger partial charge in [0, 0.05) is 19.4 Å². The van der Waals surface area contributed by atoms with Gasteiger partial charge >= 0.3 is 0 Å². The summed E-state index contributed by atoms with van der Waals surface area (Å²) < 4.78 is 42.5. The normalized spacial score (nSPS) is 11.4. The Morgan fingerprint density at radius 3 is 2.67 bits per heavy atom. The molecule has 3 aromatic rings. The average Bonchev–Trinajstić information content (AvgIpc) is 3.03. The Hall–Kier alpha value is -3.07. The average molecular weight is 388 g/mol. The standard InChI is InChI=1S/C18H17FN4O3S/c1-3-12-7-4-5-9-15(12)27(25,26)22-18(24)14-11-23(2)17(21-14)16-13(19)8-6-10-20-16/h4-11H,3H2,1-2H3,(H,22,24). The fourth-order valence-corrected chi connectivity index (χ4v) is 3.91. The SMILES string of the molecule is CCc1ccccc1S(=O)(=O)NC(=O)c1cn(C)c(-c2ncccc2F)n1. The molecule has 0 aliphatic carbocycles. The van der Waals surface area contributed by atoms with E-state index in [1.165, 1.54) is 35.2 Å². The van der Waals surface area contributed by atoms with E-state index in [1.54, 1.807) is 25.2 Å². The second-order valence-corrected chi connectivity index (χ2v) is 7.44. The van der Waals surface area contributed by atoms with E-state index in [1.807, 2.05) is 11.6 Å². The van der Waals surface area contributed by atoms with Gasteiger partial charge in [-0.25, -0.2) is 27.5 Å². The zero-order valence-electron chi connectivity index (χ0n) is 14.7. The van der Waals surface area contributed by atoms with E-state index in [0.717, 1.165) is 0 Å². The molecule has 0 saturated carbocycles. The summed E-state index contributed by atoms with van der Waals surface area (Å²) in [5, 5.41) is 0. The van der Waals surface area contributed by atoms with Gasteiger partial charge in [-0.15, -0.1) is 0 Å². The highest BCUT2D eigenvalue weighted by Gasteiger charge is 2.24. The molecule has 2 heterocycles. The summed E-state index contributed by atoms with van der Waals surface area (Å²) in [6.45, 7) is 1.82. The molecule has 1 N–H and O–H groups in total. The Morgan fingerprint density at radius 1 is 1.22 bits per heavy atom. The molecule has 0 saturated heterocycles. The monoisotopic (exact) mass is 388 g/mol. The molecule has 0 radical (unpaired) electrons. The molecule has 2 aromatic heterocycles. The van der Waals surface area contributed by atoms with E-state index in [2.05, 4.69) is 9.97 Å². The number of hydrogen-bond donors (Lipinski definition) is 1. The van der Waals surface area contributed by atoms with Crippen LogP contribution in [0.1, 0.15) is 23.0 Å². The maximum absolute atomic E-state index is 13.9. The highest BCUT2D eigenvalue weighted by atomic mass is 32.2. The Bertz CT molecular complexity index is 1110. The Kier molecular flexibility index (Phi) is 5.04. The van der Waals surface area contributed by atoms with E-state index >= 15 is 0 Å².